The van der Waals surface area contributed by atoms with Crippen molar-refractivity contribution in [2.75, 3.05) is 32.7 Å². The first kappa shape index (κ1) is 14.5. The summed E-state index contributed by atoms with van der Waals surface area (Å²) in [5.74, 6) is 0.818. The number of hydrogen-bond donors (Lipinski definition) is 0. The maximum absolute atomic E-state index is 11.3. The topological polar surface area (TPSA) is 23.6 Å². The van der Waals surface area contributed by atoms with Crippen molar-refractivity contribution in [1.29, 1.82) is 0 Å². The highest BCUT2D eigenvalue weighted by Gasteiger charge is 2.14. The van der Waals surface area contributed by atoms with Crippen LogP contribution in [0.1, 0.15) is 46.5 Å². The Hall–Kier alpha value is -0.570. The van der Waals surface area contributed by atoms with Crippen molar-refractivity contribution >= 4 is 5.91 Å². The molecule has 1 rings (SSSR count). The van der Waals surface area contributed by atoms with Gasteiger partial charge in [0.05, 0.1) is 0 Å². The lowest BCUT2D eigenvalue weighted by molar-refractivity contribution is -0.129. The van der Waals surface area contributed by atoms with Crippen LogP contribution in [0.15, 0.2) is 0 Å². The van der Waals surface area contributed by atoms with Gasteiger partial charge in [-0.3, -0.25) is 4.79 Å². The van der Waals surface area contributed by atoms with Crippen molar-refractivity contribution in [3.8, 4) is 0 Å². The lowest BCUT2D eigenvalue weighted by Gasteiger charge is -2.29. The fourth-order valence-corrected chi connectivity index (χ4v) is 2.53. The highest BCUT2D eigenvalue weighted by atomic mass is 16.2. The van der Waals surface area contributed by atoms with E-state index in [9.17, 15) is 4.79 Å². The first-order chi connectivity index (χ1) is 8.13. The molecule has 1 heterocycles. The number of carbonyl (C=O) groups excluding carboxylic acids is 1. The number of rotatable bonds is 6. The minimum atomic E-state index is 0.206. The second kappa shape index (κ2) is 7.70. The number of hydrogen-bond acceptors (Lipinski definition) is 2. The van der Waals surface area contributed by atoms with Gasteiger partial charge in [0.2, 0.25) is 5.91 Å². The van der Waals surface area contributed by atoms with Crippen molar-refractivity contribution < 1.29 is 4.79 Å². The second-order valence-corrected chi connectivity index (χ2v) is 5.35. The van der Waals surface area contributed by atoms with Gasteiger partial charge < -0.3 is 9.80 Å². The fraction of sp³-hybridized carbons (Fsp3) is 0.929. The fourth-order valence-electron chi connectivity index (χ4n) is 2.53. The molecule has 1 unspecified atom stereocenters. The molecule has 1 saturated heterocycles. The minimum Gasteiger partial charge on any atom is -0.343 e. The molecule has 0 aromatic rings. The molecule has 0 radical (unpaired) electrons. The Kier molecular flexibility index (Phi) is 6.56. The van der Waals surface area contributed by atoms with Gasteiger partial charge in [-0.1, -0.05) is 13.3 Å². The van der Waals surface area contributed by atoms with Crippen LogP contribution < -0.4 is 0 Å². The summed E-state index contributed by atoms with van der Waals surface area (Å²) in [7, 11) is 0. The highest BCUT2D eigenvalue weighted by molar-refractivity contribution is 5.73. The maximum atomic E-state index is 11.3. The Bertz CT molecular complexity index is 224. The molecule has 17 heavy (non-hydrogen) atoms. The molecule has 3 heteroatoms. The van der Waals surface area contributed by atoms with Gasteiger partial charge in [-0.2, -0.15) is 0 Å². The monoisotopic (exact) mass is 240 g/mol. The molecule has 1 amide bonds. The Morgan fingerprint density at radius 2 is 1.94 bits per heavy atom. The molecule has 100 valence electrons. The molecule has 0 N–H and O–H groups in total. The smallest absolute Gasteiger partial charge is 0.219 e. The van der Waals surface area contributed by atoms with Crippen LogP contribution in [0.2, 0.25) is 0 Å². The third kappa shape index (κ3) is 5.53. The number of carbonyl (C=O) groups is 1. The second-order valence-electron chi connectivity index (χ2n) is 5.35. The highest BCUT2D eigenvalue weighted by Crippen LogP contribution is 2.12. The Morgan fingerprint density at radius 3 is 2.47 bits per heavy atom. The van der Waals surface area contributed by atoms with Crippen LogP contribution in [0.25, 0.3) is 0 Å². The summed E-state index contributed by atoms with van der Waals surface area (Å²) in [6.07, 6.45) is 5.34. The van der Waals surface area contributed by atoms with Gasteiger partial charge in [0, 0.05) is 20.0 Å². The van der Waals surface area contributed by atoms with Crippen LogP contribution in [0.5, 0.6) is 0 Å². The predicted molar refractivity (Wildman–Crippen MR) is 72.0 cm³/mol. The minimum absolute atomic E-state index is 0.206. The largest absolute Gasteiger partial charge is 0.343 e. The molecule has 0 aliphatic carbocycles. The Labute approximate surface area is 106 Å². The standard InChI is InChI=1S/C14H28N2O/c1-4-16(14(3)17)12-13(2)8-11-15-9-6-5-7-10-15/h13H,4-12H2,1-3H3. The number of nitrogens with zero attached hydrogens (tertiary/aromatic N) is 2. The zero-order valence-electron chi connectivity index (χ0n) is 11.7. The van der Waals surface area contributed by atoms with E-state index in [1.807, 2.05) is 4.90 Å². The number of likely N-dealkylation sites (tertiary alicyclic amines) is 1. The number of amides is 1. The van der Waals surface area contributed by atoms with E-state index >= 15 is 0 Å². The van der Waals surface area contributed by atoms with Crippen molar-refractivity contribution in [3.05, 3.63) is 0 Å². The van der Waals surface area contributed by atoms with E-state index in [1.165, 1.54) is 45.3 Å². The van der Waals surface area contributed by atoms with Crippen molar-refractivity contribution in [1.82, 2.24) is 9.80 Å². The summed E-state index contributed by atoms with van der Waals surface area (Å²) in [5, 5.41) is 0. The van der Waals surface area contributed by atoms with E-state index < -0.39 is 0 Å². The van der Waals surface area contributed by atoms with E-state index in [1.54, 1.807) is 6.92 Å². The summed E-state index contributed by atoms with van der Waals surface area (Å²) in [6.45, 7) is 11.5. The van der Waals surface area contributed by atoms with Gasteiger partial charge in [0.1, 0.15) is 0 Å². The van der Waals surface area contributed by atoms with E-state index in [0.717, 1.165) is 13.1 Å². The average Bonchev–Trinajstić information content (AvgIpc) is 2.34. The predicted octanol–water partition coefficient (Wildman–Crippen LogP) is 2.37. The molecule has 3 nitrogen and oxygen atoms in total. The SMILES string of the molecule is CCN(CC(C)CCN1CCCCC1)C(C)=O. The summed E-state index contributed by atoms with van der Waals surface area (Å²) in [4.78, 5) is 15.9. The first-order valence-electron chi connectivity index (χ1n) is 7.11. The zero-order chi connectivity index (χ0) is 12.7. The molecule has 0 saturated carbocycles. The molecule has 0 aromatic carbocycles. The molecule has 1 aliphatic heterocycles. The molecule has 1 atom stereocenters. The molecule has 1 aliphatic rings. The maximum Gasteiger partial charge on any atom is 0.219 e. The lowest BCUT2D eigenvalue weighted by Crippen LogP contribution is -2.35. The van der Waals surface area contributed by atoms with Crippen molar-refractivity contribution in [2.24, 2.45) is 5.92 Å². The first-order valence-corrected chi connectivity index (χ1v) is 7.11. The van der Waals surface area contributed by atoms with Gasteiger partial charge in [0.15, 0.2) is 0 Å². The van der Waals surface area contributed by atoms with Gasteiger partial charge in [-0.05, 0) is 51.7 Å². The molecular formula is C14H28N2O. The van der Waals surface area contributed by atoms with Crippen LogP contribution in [-0.2, 0) is 4.79 Å². The third-order valence-corrected chi connectivity index (χ3v) is 3.75. The van der Waals surface area contributed by atoms with E-state index in [-0.39, 0.29) is 5.91 Å². The van der Waals surface area contributed by atoms with Crippen molar-refractivity contribution in [3.63, 3.8) is 0 Å². The van der Waals surface area contributed by atoms with Crippen molar-refractivity contribution in [2.45, 2.75) is 46.5 Å². The van der Waals surface area contributed by atoms with Crippen LogP contribution >= 0.6 is 0 Å². The molecule has 0 spiro atoms. The average molecular weight is 240 g/mol. The quantitative estimate of drug-likeness (QED) is 0.711. The molecule has 1 fully saturated rings. The van der Waals surface area contributed by atoms with Gasteiger partial charge >= 0.3 is 0 Å². The van der Waals surface area contributed by atoms with E-state index in [0.29, 0.717) is 5.92 Å². The van der Waals surface area contributed by atoms with E-state index in [4.69, 9.17) is 0 Å². The molecule has 0 bridgehead atoms. The van der Waals surface area contributed by atoms with Gasteiger partial charge in [-0.15, -0.1) is 0 Å². The Balaban J connectivity index is 2.19. The van der Waals surface area contributed by atoms with Gasteiger partial charge in [-0.25, -0.2) is 0 Å². The summed E-state index contributed by atoms with van der Waals surface area (Å²) in [5.41, 5.74) is 0. The summed E-state index contributed by atoms with van der Waals surface area (Å²) in [6, 6.07) is 0. The summed E-state index contributed by atoms with van der Waals surface area (Å²) < 4.78 is 0. The van der Waals surface area contributed by atoms with Crippen LogP contribution in [0.3, 0.4) is 0 Å². The normalized spacial score (nSPS) is 19.0. The van der Waals surface area contributed by atoms with Gasteiger partial charge in [0.25, 0.3) is 0 Å². The van der Waals surface area contributed by atoms with Crippen LogP contribution in [-0.4, -0.2) is 48.4 Å². The van der Waals surface area contributed by atoms with Crippen LogP contribution in [0, 0.1) is 5.92 Å². The summed E-state index contributed by atoms with van der Waals surface area (Å²) >= 11 is 0. The number of piperidine rings is 1. The van der Waals surface area contributed by atoms with E-state index in [2.05, 4.69) is 18.7 Å². The Morgan fingerprint density at radius 1 is 1.29 bits per heavy atom. The van der Waals surface area contributed by atoms with Crippen LogP contribution in [0.4, 0.5) is 0 Å². The molecule has 0 aromatic heterocycles. The molecular weight excluding hydrogens is 212 g/mol. The third-order valence-electron chi connectivity index (χ3n) is 3.75. The zero-order valence-corrected chi connectivity index (χ0v) is 11.7. The lowest BCUT2D eigenvalue weighted by atomic mass is 10.1.